The molecule has 0 saturated heterocycles. The van der Waals surface area contributed by atoms with Gasteiger partial charge in [0.1, 0.15) is 0 Å². The smallest absolute Gasteiger partial charge is 0.243 e. The number of allylic oxidation sites excluding steroid dienone is 1. The van der Waals surface area contributed by atoms with Gasteiger partial charge in [0.25, 0.3) is 0 Å². The van der Waals surface area contributed by atoms with Gasteiger partial charge < -0.3 is 5.32 Å². The highest BCUT2D eigenvalue weighted by molar-refractivity contribution is 7.91. The Hall–Kier alpha value is -1.62. The van der Waals surface area contributed by atoms with Crippen LogP contribution >= 0.6 is 0 Å². The molecule has 4 nitrogen and oxygen atoms in total. The van der Waals surface area contributed by atoms with Crippen LogP contribution in [0, 0.1) is 0 Å². The van der Waals surface area contributed by atoms with E-state index < -0.39 is 9.84 Å². The van der Waals surface area contributed by atoms with E-state index in [4.69, 9.17) is 0 Å². The van der Waals surface area contributed by atoms with E-state index in [2.05, 4.69) is 5.32 Å². The van der Waals surface area contributed by atoms with Crippen molar-refractivity contribution in [1.29, 1.82) is 0 Å². The molecule has 0 unspecified atom stereocenters. The summed E-state index contributed by atoms with van der Waals surface area (Å²) in [5.74, 6) is -0.363. The first kappa shape index (κ1) is 14.4. The lowest BCUT2D eigenvalue weighted by Gasteiger charge is -2.05. The van der Waals surface area contributed by atoms with Crippen molar-refractivity contribution in [3.63, 3.8) is 0 Å². The highest BCUT2D eigenvalue weighted by Gasteiger charge is 2.13. The molecular formula is C13H17NO3S. The largest absolute Gasteiger partial charge is 0.352 e. The lowest BCUT2D eigenvalue weighted by molar-refractivity contribution is -0.116. The second-order valence-electron chi connectivity index (χ2n) is 4.14. The zero-order chi connectivity index (χ0) is 13.6. The lowest BCUT2D eigenvalue weighted by atomic mass is 10.3. The summed E-state index contributed by atoms with van der Waals surface area (Å²) < 4.78 is 23.7. The molecule has 0 bridgehead atoms. The molecule has 1 N–H and O–H groups in total. The molecule has 98 valence electrons. The molecule has 1 amide bonds. The molecule has 5 heteroatoms. The van der Waals surface area contributed by atoms with Crippen molar-refractivity contribution in [3.05, 3.63) is 42.0 Å². The van der Waals surface area contributed by atoms with E-state index in [1.165, 1.54) is 6.08 Å². The van der Waals surface area contributed by atoms with E-state index in [1.807, 2.05) is 0 Å². The predicted molar refractivity (Wildman–Crippen MR) is 70.9 cm³/mol. The quantitative estimate of drug-likeness (QED) is 0.823. The van der Waals surface area contributed by atoms with Crippen LogP contribution in [0.2, 0.25) is 0 Å². The predicted octanol–water partition coefficient (Wildman–Crippen LogP) is 1.54. The number of hydrogen-bond acceptors (Lipinski definition) is 3. The summed E-state index contributed by atoms with van der Waals surface area (Å²) in [5, 5.41) is 2.55. The van der Waals surface area contributed by atoms with E-state index in [-0.39, 0.29) is 23.1 Å². The molecule has 18 heavy (non-hydrogen) atoms. The summed E-state index contributed by atoms with van der Waals surface area (Å²) in [6.07, 6.45) is 1.44. The second kappa shape index (κ2) is 6.35. The molecule has 0 aliphatic heterocycles. The van der Waals surface area contributed by atoms with Gasteiger partial charge in [-0.1, -0.05) is 23.8 Å². The molecule has 1 rings (SSSR count). The molecule has 0 spiro atoms. The summed E-state index contributed by atoms with van der Waals surface area (Å²) >= 11 is 0. The van der Waals surface area contributed by atoms with Crippen molar-refractivity contribution in [2.24, 2.45) is 0 Å². The van der Waals surface area contributed by atoms with Gasteiger partial charge in [0.2, 0.25) is 5.91 Å². The molecule has 0 aliphatic carbocycles. The normalized spacial score (nSPS) is 10.8. The Kier molecular flexibility index (Phi) is 5.09. The van der Waals surface area contributed by atoms with Gasteiger partial charge in [0.15, 0.2) is 9.84 Å². The fourth-order valence-electron chi connectivity index (χ4n) is 1.37. The van der Waals surface area contributed by atoms with Gasteiger partial charge >= 0.3 is 0 Å². The monoisotopic (exact) mass is 267 g/mol. The number of sulfone groups is 1. The highest BCUT2D eigenvalue weighted by Crippen LogP contribution is 2.09. The highest BCUT2D eigenvalue weighted by atomic mass is 32.2. The molecule has 0 heterocycles. The molecule has 0 saturated carbocycles. The van der Waals surface area contributed by atoms with E-state index in [0.29, 0.717) is 0 Å². The van der Waals surface area contributed by atoms with Crippen molar-refractivity contribution in [2.45, 2.75) is 18.7 Å². The molecule has 0 aromatic heterocycles. The van der Waals surface area contributed by atoms with Crippen molar-refractivity contribution < 1.29 is 13.2 Å². The SMILES string of the molecule is CC(C)=CC(=O)NCCS(=O)(=O)c1ccccc1. The average molecular weight is 267 g/mol. The number of amides is 1. The number of rotatable bonds is 5. The van der Waals surface area contributed by atoms with E-state index in [1.54, 1.807) is 44.2 Å². The van der Waals surface area contributed by atoms with Gasteiger partial charge in [0.05, 0.1) is 10.6 Å². The van der Waals surface area contributed by atoms with Gasteiger partial charge in [-0.25, -0.2) is 8.42 Å². The number of nitrogens with one attached hydrogen (secondary N) is 1. The molecule has 0 aliphatic rings. The Bertz CT molecular complexity index is 529. The Morgan fingerprint density at radius 1 is 1.22 bits per heavy atom. The summed E-state index contributed by atoms with van der Waals surface area (Å²) in [6, 6.07) is 8.21. The van der Waals surface area contributed by atoms with Crippen LogP contribution in [0.4, 0.5) is 0 Å². The maximum Gasteiger partial charge on any atom is 0.243 e. The van der Waals surface area contributed by atoms with E-state index in [9.17, 15) is 13.2 Å². The maximum atomic E-state index is 11.9. The van der Waals surface area contributed by atoms with Crippen LogP contribution in [0.5, 0.6) is 0 Å². The van der Waals surface area contributed by atoms with Gasteiger partial charge in [-0.05, 0) is 26.0 Å². The van der Waals surface area contributed by atoms with Gasteiger partial charge in [-0.15, -0.1) is 0 Å². The number of benzene rings is 1. The average Bonchev–Trinajstić information content (AvgIpc) is 2.29. The third-order valence-electron chi connectivity index (χ3n) is 2.19. The minimum Gasteiger partial charge on any atom is -0.352 e. The zero-order valence-electron chi connectivity index (χ0n) is 10.5. The van der Waals surface area contributed by atoms with Crippen LogP contribution in [0.15, 0.2) is 46.9 Å². The van der Waals surface area contributed by atoms with Crippen molar-refractivity contribution in [2.75, 3.05) is 12.3 Å². The molecule has 1 aromatic rings. The molecule has 0 fully saturated rings. The van der Waals surface area contributed by atoms with Gasteiger partial charge in [-0.3, -0.25) is 4.79 Å². The van der Waals surface area contributed by atoms with Gasteiger partial charge in [0, 0.05) is 12.6 Å². The van der Waals surface area contributed by atoms with E-state index in [0.717, 1.165) is 5.57 Å². The molecule has 0 atom stereocenters. The van der Waals surface area contributed by atoms with Crippen LogP contribution < -0.4 is 5.32 Å². The first-order valence-corrected chi connectivity index (χ1v) is 7.27. The molecular weight excluding hydrogens is 250 g/mol. The minimum absolute atomic E-state index is 0.0979. The van der Waals surface area contributed by atoms with Crippen LogP contribution in [0.3, 0.4) is 0 Å². The van der Waals surface area contributed by atoms with Crippen LogP contribution in [-0.2, 0) is 14.6 Å². The Balaban J connectivity index is 2.54. The van der Waals surface area contributed by atoms with Crippen molar-refractivity contribution in [3.8, 4) is 0 Å². The standard InChI is InChI=1S/C13H17NO3S/c1-11(2)10-13(15)14-8-9-18(16,17)12-6-4-3-5-7-12/h3-7,10H,8-9H2,1-2H3,(H,14,15). The second-order valence-corrected chi connectivity index (χ2v) is 6.25. The molecule has 1 aromatic carbocycles. The summed E-state index contributed by atoms with van der Waals surface area (Å²) in [5.41, 5.74) is 0.874. The summed E-state index contributed by atoms with van der Waals surface area (Å²) in [4.78, 5) is 11.6. The van der Waals surface area contributed by atoms with Crippen LogP contribution in [0.25, 0.3) is 0 Å². The van der Waals surface area contributed by atoms with Crippen molar-refractivity contribution >= 4 is 15.7 Å². The summed E-state index contributed by atoms with van der Waals surface area (Å²) in [7, 11) is -3.32. The maximum absolute atomic E-state index is 11.9. The zero-order valence-corrected chi connectivity index (χ0v) is 11.3. The van der Waals surface area contributed by atoms with Crippen LogP contribution in [0.1, 0.15) is 13.8 Å². The third-order valence-corrected chi connectivity index (χ3v) is 3.92. The lowest BCUT2D eigenvalue weighted by Crippen LogP contribution is -2.27. The molecule has 0 radical (unpaired) electrons. The number of carbonyl (C=O) groups excluding carboxylic acids is 1. The number of hydrogen-bond donors (Lipinski definition) is 1. The minimum atomic E-state index is -3.32. The number of carbonyl (C=O) groups is 1. The Morgan fingerprint density at radius 2 is 1.83 bits per heavy atom. The fraction of sp³-hybridized carbons (Fsp3) is 0.308. The Labute approximate surface area is 108 Å². The fourth-order valence-corrected chi connectivity index (χ4v) is 2.55. The first-order chi connectivity index (χ1) is 8.42. The Morgan fingerprint density at radius 3 is 2.39 bits per heavy atom. The van der Waals surface area contributed by atoms with Crippen LogP contribution in [-0.4, -0.2) is 26.6 Å². The van der Waals surface area contributed by atoms with Gasteiger partial charge in [-0.2, -0.15) is 0 Å². The topological polar surface area (TPSA) is 63.2 Å². The summed E-state index contributed by atoms with van der Waals surface area (Å²) in [6.45, 7) is 3.72. The third kappa shape index (κ3) is 4.71. The first-order valence-electron chi connectivity index (χ1n) is 5.62. The van der Waals surface area contributed by atoms with Crippen molar-refractivity contribution in [1.82, 2.24) is 5.32 Å². The van der Waals surface area contributed by atoms with E-state index >= 15 is 0 Å².